The van der Waals surface area contributed by atoms with Gasteiger partial charge in [-0.25, -0.2) is 0 Å². The van der Waals surface area contributed by atoms with Gasteiger partial charge in [-0.2, -0.15) is 13.2 Å². The molecule has 0 aliphatic carbocycles. The molecule has 0 amide bonds. The topological polar surface area (TPSA) is 53.4 Å². The molecular formula is C10H11F3N2O2. The Hall–Kier alpha value is -1.63. The van der Waals surface area contributed by atoms with E-state index in [4.69, 9.17) is 5.11 Å². The van der Waals surface area contributed by atoms with Gasteiger partial charge in [-0.3, -0.25) is 14.7 Å². The molecule has 0 fully saturated rings. The largest absolute Gasteiger partial charge is 0.480 e. The molecule has 0 aliphatic heterocycles. The summed E-state index contributed by atoms with van der Waals surface area (Å²) < 4.78 is 36.6. The second-order valence-electron chi connectivity index (χ2n) is 3.52. The van der Waals surface area contributed by atoms with E-state index in [-0.39, 0.29) is 6.54 Å². The fourth-order valence-corrected chi connectivity index (χ4v) is 1.36. The number of carboxylic acids is 1. The number of rotatable bonds is 5. The Bertz CT molecular complexity index is 368. The van der Waals surface area contributed by atoms with Crippen LogP contribution in [0.15, 0.2) is 24.5 Å². The number of aliphatic carboxylic acids is 1. The second kappa shape index (κ2) is 5.62. The van der Waals surface area contributed by atoms with E-state index in [2.05, 4.69) is 4.98 Å². The van der Waals surface area contributed by atoms with E-state index in [1.165, 1.54) is 12.4 Å². The number of halogens is 3. The minimum Gasteiger partial charge on any atom is -0.480 e. The Labute approximate surface area is 95.7 Å². The highest BCUT2D eigenvalue weighted by Gasteiger charge is 2.31. The first-order valence-electron chi connectivity index (χ1n) is 4.76. The summed E-state index contributed by atoms with van der Waals surface area (Å²) in [4.78, 5) is 15.0. The van der Waals surface area contributed by atoms with Crippen LogP contribution in [-0.4, -0.2) is 40.2 Å². The van der Waals surface area contributed by atoms with Gasteiger partial charge in [-0.15, -0.1) is 0 Å². The Balaban J connectivity index is 2.67. The minimum absolute atomic E-state index is 0.0976. The quantitative estimate of drug-likeness (QED) is 0.858. The summed E-state index contributed by atoms with van der Waals surface area (Å²) in [5, 5.41) is 8.53. The van der Waals surface area contributed by atoms with Crippen LogP contribution >= 0.6 is 0 Å². The third kappa shape index (κ3) is 5.86. The molecule has 0 atom stereocenters. The average molecular weight is 248 g/mol. The van der Waals surface area contributed by atoms with Crippen LogP contribution in [0.5, 0.6) is 0 Å². The summed E-state index contributed by atoms with van der Waals surface area (Å²) in [5.41, 5.74) is 0.540. The molecule has 0 aliphatic rings. The van der Waals surface area contributed by atoms with Crippen molar-refractivity contribution in [3.05, 3.63) is 30.1 Å². The van der Waals surface area contributed by atoms with Crippen molar-refractivity contribution in [3.63, 3.8) is 0 Å². The maximum atomic E-state index is 12.2. The van der Waals surface area contributed by atoms with Crippen molar-refractivity contribution in [3.8, 4) is 0 Å². The molecule has 0 aromatic carbocycles. The summed E-state index contributed by atoms with van der Waals surface area (Å²) in [6, 6.07) is 3.18. The van der Waals surface area contributed by atoms with E-state index < -0.39 is 25.2 Å². The first-order valence-corrected chi connectivity index (χ1v) is 4.76. The molecule has 0 unspecified atom stereocenters. The van der Waals surface area contributed by atoms with Crippen molar-refractivity contribution >= 4 is 5.97 Å². The molecule has 94 valence electrons. The normalized spacial score (nSPS) is 11.8. The number of hydrogen-bond donors (Lipinski definition) is 1. The molecule has 1 heterocycles. The van der Waals surface area contributed by atoms with Crippen LogP contribution in [0.3, 0.4) is 0 Å². The highest BCUT2D eigenvalue weighted by molar-refractivity contribution is 5.69. The molecule has 4 nitrogen and oxygen atoms in total. The molecule has 0 saturated heterocycles. The summed E-state index contributed by atoms with van der Waals surface area (Å²) in [5.74, 6) is -1.29. The zero-order valence-corrected chi connectivity index (χ0v) is 8.81. The maximum absolute atomic E-state index is 12.2. The van der Waals surface area contributed by atoms with Crippen molar-refractivity contribution in [1.82, 2.24) is 9.88 Å². The average Bonchev–Trinajstić information content (AvgIpc) is 2.15. The van der Waals surface area contributed by atoms with Gasteiger partial charge in [0.25, 0.3) is 0 Å². The third-order valence-electron chi connectivity index (χ3n) is 1.89. The highest BCUT2D eigenvalue weighted by atomic mass is 19.4. The fourth-order valence-electron chi connectivity index (χ4n) is 1.36. The smallest absolute Gasteiger partial charge is 0.401 e. The van der Waals surface area contributed by atoms with Gasteiger partial charge in [-0.1, -0.05) is 6.07 Å². The summed E-state index contributed by atoms with van der Waals surface area (Å²) in [7, 11) is 0. The van der Waals surface area contributed by atoms with Gasteiger partial charge in [0.05, 0.1) is 13.1 Å². The van der Waals surface area contributed by atoms with Gasteiger partial charge in [-0.05, 0) is 11.6 Å². The Morgan fingerprint density at radius 2 is 2.18 bits per heavy atom. The van der Waals surface area contributed by atoms with Crippen LogP contribution in [0, 0.1) is 0 Å². The monoisotopic (exact) mass is 248 g/mol. The van der Waals surface area contributed by atoms with Crippen LogP contribution in [0.4, 0.5) is 13.2 Å². The van der Waals surface area contributed by atoms with Crippen molar-refractivity contribution in [2.75, 3.05) is 13.1 Å². The molecule has 1 N–H and O–H groups in total. The minimum atomic E-state index is -4.42. The Morgan fingerprint density at radius 1 is 1.47 bits per heavy atom. The number of alkyl halides is 3. The van der Waals surface area contributed by atoms with Crippen LogP contribution in [0.25, 0.3) is 0 Å². The van der Waals surface area contributed by atoms with Gasteiger partial charge in [0, 0.05) is 18.9 Å². The van der Waals surface area contributed by atoms with E-state index in [1.807, 2.05) is 0 Å². The molecular weight excluding hydrogens is 237 g/mol. The molecule has 7 heteroatoms. The lowest BCUT2D eigenvalue weighted by Gasteiger charge is -2.21. The molecule has 1 aromatic rings. The molecule has 1 aromatic heterocycles. The molecule has 0 radical (unpaired) electrons. The van der Waals surface area contributed by atoms with Crippen LogP contribution in [0.2, 0.25) is 0 Å². The Kier molecular flexibility index (Phi) is 4.45. The molecule has 0 spiro atoms. The SMILES string of the molecule is O=C(O)CN(Cc1cccnc1)CC(F)(F)F. The number of carboxylic acid groups (broad SMARTS) is 1. The van der Waals surface area contributed by atoms with Crippen molar-refractivity contribution in [1.29, 1.82) is 0 Å². The lowest BCUT2D eigenvalue weighted by Crippen LogP contribution is -2.37. The first-order chi connectivity index (χ1) is 7.87. The highest BCUT2D eigenvalue weighted by Crippen LogP contribution is 2.17. The van der Waals surface area contributed by atoms with E-state index >= 15 is 0 Å². The summed E-state index contributed by atoms with van der Waals surface area (Å²) in [6.45, 7) is -2.01. The number of aromatic nitrogens is 1. The van der Waals surface area contributed by atoms with Gasteiger partial charge in [0.15, 0.2) is 0 Å². The van der Waals surface area contributed by atoms with Gasteiger partial charge in [0.1, 0.15) is 0 Å². The van der Waals surface area contributed by atoms with E-state index in [1.54, 1.807) is 12.1 Å². The molecule has 0 saturated carbocycles. The van der Waals surface area contributed by atoms with Crippen LogP contribution < -0.4 is 0 Å². The number of carbonyl (C=O) groups is 1. The Morgan fingerprint density at radius 3 is 2.65 bits per heavy atom. The number of nitrogens with zero attached hydrogens (tertiary/aromatic N) is 2. The van der Waals surface area contributed by atoms with E-state index in [0.29, 0.717) is 5.56 Å². The van der Waals surface area contributed by atoms with E-state index in [9.17, 15) is 18.0 Å². The number of pyridine rings is 1. The van der Waals surface area contributed by atoms with Crippen molar-refractivity contribution < 1.29 is 23.1 Å². The lowest BCUT2D eigenvalue weighted by molar-refractivity contribution is -0.154. The standard InChI is InChI=1S/C10H11F3N2O2/c11-10(12,13)7-15(6-9(16)17)5-8-2-1-3-14-4-8/h1-4H,5-7H2,(H,16,17). The predicted octanol–water partition coefficient (Wildman–Crippen LogP) is 1.53. The van der Waals surface area contributed by atoms with Gasteiger partial charge >= 0.3 is 12.1 Å². The second-order valence-corrected chi connectivity index (χ2v) is 3.52. The zero-order valence-electron chi connectivity index (χ0n) is 8.81. The van der Waals surface area contributed by atoms with Crippen molar-refractivity contribution in [2.24, 2.45) is 0 Å². The maximum Gasteiger partial charge on any atom is 0.401 e. The molecule has 0 bridgehead atoms. The lowest BCUT2D eigenvalue weighted by atomic mass is 10.2. The van der Waals surface area contributed by atoms with E-state index in [0.717, 1.165) is 4.90 Å². The van der Waals surface area contributed by atoms with Gasteiger partial charge in [0.2, 0.25) is 0 Å². The van der Waals surface area contributed by atoms with Crippen LogP contribution in [0.1, 0.15) is 5.56 Å². The fraction of sp³-hybridized carbons (Fsp3) is 0.400. The molecule has 1 rings (SSSR count). The predicted molar refractivity (Wildman–Crippen MR) is 53.2 cm³/mol. The third-order valence-corrected chi connectivity index (χ3v) is 1.89. The van der Waals surface area contributed by atoms with Crippen molar-refractivity contribution in [2.45, 2.75) is 12.7 Å². The summed E-state index contributed by atoms with van der Waals surface area (Å²) >= 11 is 0. The zero-order chi connectivity index (χ0) is 12.9. The summed E-state index contributed by atoms with van der Waals surface area (Å²) in [6.07, 6.45) is -1.52. The molecule has 17 heavy (non-hydrogen) atoms. The number of hydrogen-bond acceptors (Lipinski definition) is 3. The van der Waals surface area contributed by atoms with Gasteiger partial charge < -0.3 is 5.11 Å². The first kappa shape index (κ1) is 13.4. The van der Waals surface area contributed by atoms with Crippen LogP contribution in [-0.2, 0) is 11.3 Å².